The predicted molar refractivity (Wildman–Crippen MR) is 72.3 cm³/mol. The zero-order valence-corrected chi connectivity index (χ0v) is 11.7. The number of sulfonamides is 1. The summed E-state index contributed by atoms with van der Waals surface area (Å²) >= 11 is 5.88. The number of hydrogen-bond acceptors (Lipinski definition) is 3. The van der Waals surface area contributed by atoms with Crippen molar-refractivity contribution >= 4 is 32.7 Å². The molecule has 7 heteroatoms. The molecule has 1 aromatic carbocycles. The number of fused-ring (bicyclic) bond motifs is 1. The first-order chi connectivity index (χ1) is 8.36. The van der Waals surface area contributed by atoms with Crippen molar-refractivity contribution in [1.82, 2.24) is 14.3 Å². The van der Waals surface area contributed by atoms with E-state index in [0.717, 1.165) is 16.9 Å². The Labute approximate surface area is 111 Å². The maximum Gasteiger partial charge on any atom is 0.210 e. The fraction of sp³-hybridized carbons (Fsp3) is 0.364. The molecule has 0 bridgehead atoms. The van der Waals surface area contributed by atoms with E-state index in [2.05, 4.69) is 9.97 Å². The first-order valence-electron chi connectivity index (χ1n) is 5.42. The third kappa shape index (κ3) is 3.01. The number of halogens is 1. The number of nitrogens with zero attached hydrogens (tertiary/aromatic N) is 2. The molecule has 2 aromatic rings. The first kappa shape index (κ1) is 13.3. The van der Waals surface area contributed by atoms with Crippen LogP contribution in [-0.2, 0) is 16.4 Å². The molecule has 0 amide bonds. The van der Waals surface area contributed by atoms with E-state index in [1.165, 1.54) is 10.6 Å². The highest BCUT2D eigenvalue weighted by Crippen LogP contribution is 2.17. The van der Waals surface area contributed by atoms with Crippen LogP contribution >= 0.6 is 11.6 Å². The minimum atomic E-state index is -3.14. The quantitative estimate of drug-likeness (QED) is 0.930. The number of likely N-dealkylation sites (N-methyl/N-ethyl adjacent to an activating group) is 1. The van der Waals surface area contributed by atoms with Crippen molar-refractivity contribution in [3.63, 3.8) is 0 Å². The maximum atomic E-state index is 11.2. The molecule has 0 aliphatic rings. The van der Waals surface area contributed by atoms with E-state index >= 15 is 0 Å². The summed E-state index contributed by atoms with van der Waals surface area (Å²) in [5.41, 5.74) is 1.69. The zero-order chi connectivity index (χ0) is 13.3. The summed E-state index contributed by atoms with van der Waals surface area (Å²) in [4.78, 5) is 7.50. The van der Waals surface area contributed by atoms with Crippen LogP contribution in [0.15, 0.2) is 18.2 Å². The van der Waals surface area contributed by atoms with E-state index in [4.69, 9.17) is 11.6 Å². The lowest BCUT2D eigenvalue weighted by Gasteiger charge is -2.12. The van der Waals surface area contributed by atoms with Gasteiger partial charge in [-0.05, 0) is 18.2 Å². The van der Waals surface area contributed by atoms with Crippen molar-refractivity contribution in [3.8, 4) is 0 Å². The standard InChI is InChI=1S/C11H14ClN3O2S/c1-15(18(2,16)17)6-5-11-13-9-4-3-8(12)7-10(9)14-11/h3-4,7H,5-6H2,1-2H3,(H,13,14). The SMILES string of the molecule is CN(CCc1nc2ccc(Cl)cc2[nH]1)S(C)(=O)=O. The average molecular weight is 288 g/mol. The Hall–Kier alpha value is -1.11. The highest BCUT2D eigenvalue weighted by atomic mass is 35.5. The number of aromatic nitrogens is 2. The van der Waals surface area contributed by atoms with Crippen LogP contribution in [0.2, 0.25) is 5.02 Å². The molecule has 5 nitrogen and oxygen atoms in total. The monoisotopic (exact) mass is 287 g/mol. The number of benzene rings is 1. The summed E-state index contributed by atoms with van der Waals surface area (Å²) in [6.07, 6.45) is 1.72. The van der Waals surface area contributed by atoms with Crippen LogP contribution in [0, 0.1) is 0 Å². The molecule has 0 spiro atoms. The average Bonchev–Trinajstić information content (AvgIpc) is 2.66. The van der Waals surface area contributed by atoms with Gasteiger partial charge in [0.1, 0.15) is 5.82 Å². The minimum Gasteiger partial charge on any atom is -0.342 e. The van der Waals surface area contributed by atoms with E-state index in [0.29, 0.717) is 18.0 Å². The molecular weight excluding hydrogens is 274 g/mol. The van der Waals surface area contributed by atoms with Gasteiger partial charge in [-0.2, -0.15) is 0 Å². The van der Waals surface area contributed by atoms with Crippen LogP contribution in [-0.4, -0.2) is 42.5 Å². The van der Waals surface area contributed by atoms with Gasteiger partial charge in [0, 0.05) is 25.0 Å². The van der Waals surface area contributed by atoms with Crippen molar-refractivity contribution < 1.29 is 8.42 Å². The number of rotatable bonds is 4. The fourth-order valence-corrected chi connectivity index (χ4v) is 2.18. The van der Waals surface area contributed by atoms with Crippen molar-refractivity contribution in [2.75, 3.05) is 19.8 Å². The topological polar surface area (TPSA) is 66.1 Å². The highest BCUT2D eigenvalue weighted by molar-refractivity contribution is 7.88. The molecule has 18 heavy (non-hydrogen) atoms. The van der Waals surface area contributed by atoms with Gasteiger partial charge in [-0.3, -0.25) is 0 Å². The number of hydrogen-bond donors (Lipinski definition) is 1. The number of nitrogens with one attached hydrogen (secondary N) is 1. The van der Waals surface area contributed by atoms with Gasteiger partial charge in [-0.1, -0.05) is 11.6 Å². The predicted octanol–water partition coefficient (Wildman–Crippen LogP) is 1.65. The Balaban J connectivity index is 2.13. The van der Waals surface area contributed by atoms with Crippen molar-refractivity contribution in [2.45, 2.75) is 6.42 Å². The van der Waals surface area contributed by atoms with E-state index in [9.17, 15) is 8.42 Å². The summed E-state index contributed by atoms with van der Waals surface area (Å²) in [6, 6.07) is 5.41. The van der Waals surface area contributed by atoms with Gasteiger partial charge in [-0.15, -0.1) is 0 Å². The lowest BCUT2D eigenvalue weighted by Crippen LogP contribution is -2.27. The number of aromatic amines is 1. The van der Waals surface area contributed by atoms with E-state index in [1.807, 2.05) is 6.07 Å². The molecular formula is C11H14ClN3O2S. The number of H-pyrrole nitrogens is 1. The smallest absolute Gasteiger partial charge is 0.210 e. The van der Waals surface area contributed by atoms with Gasteiger partial charge < -0.3 is 4.98 Å². The molecule has 0 saturated heterocycles. The lowest BCUT2D eigenvalue weighted by molar-refractivity contribution is 0.475. The summed E-state index contributed by atoms with van der Waals surface area (Å²) in [7, 11) is -1.59. The Morgan fingerprint density at radius 3 is 2.83 bits per heavy atom. The van der Waals surface area contributed by atoms with Gasteiger partial charge in [-0.25, -0.2) is 17.7 Å². The molecule has 98 valence electrons. The van der Waals surface area contributed by atoms with Crippen LogP contribution in [0.4, 0.5) is 0 Å². The summed E-state index contributed by atoms with van der Waals surface area (Å²) in [5, 5.41) is 0.644. The second-order valence-corrected chi connectivity index (χ2v) is 6.71. The molecule has 2 rings (SSSR count). The Morgan fingerprint density at radius 1 is 1.44 bits per heavy atom. The Kier molecular flexibility index (Phi) is 3.61. The van der Waals surface area contributed by atoms with E-state index in [1.54, 1.807) is 19.2 Å². The molecule has 0 aliphatic carbocycles. The molecule has 0 aliphatic heterocycles. The normalized spacial score (nSPS) is 12.4. The van der Waals surface area contributed by atoms with Crippen molar-refractivity contribution in [2.24, 2.45) is 0 Å². The van der Waals surface area contributed by atoms with Crippen molar-refractivity contribution in [1.29, 1.82) is 0 Å². The van der Waals surface area contributed by atoms with Gasteiger partial charge in [0.2, 0.25) is 10.0 Å². The van der Waals surface area contributed by atoms with E-state index in [-0.39, 0.29) is 0 Å². The second kappa shape index (κ2) is 4.87. The van der Waals surface area contributed by atoms with Gasteiger partial charge in [0.05, 0.1) is 17.3 Å². The molecule has 1 aromatic heterocycles. The third-order valence-corrected chi connectivity index (χ3v) is 4.27. The molecule has 1 heterocycles. The first-order valence-corrected chi connectivity index (χ1v) is 7.64. The number of imidazole rings is 1. The molecule has 0 fully saturated rings. The second-order valence-electron chi connectivity index (χ2n) is 4.18. The molecule has 0 saturated carbocycles. The van der Waals surface area contributed by atoms with E-state index < -0.39 is 10.0 Å². The van der Waals surface area contributed by atoms with Crippen LogP contribution in [0.25, 0.3) is 11.0 Å². The lowest BCUT2D eigenvalue weighted by atomic mass is 10.3. The van der Waals surface area contributed by atoms with Crippen molar-refractivity contribution in [3.05, 3.63) is 29.0 Å². The van der Waals surface area contributed by atoms with Gasteiger partial charge in [0.15, 0.2) is 0 Å². The Morgan fingerprint density at radius 2 is 2.17 bits per heavy atom. The highest BCUT2D eigenvalue weighted by Gasteiger charge is 2.11. The minimum absolute atomic E-state index is 0.395. The van der Waals surface area contributed by atoms with Gasteiger partial charge >= 0.3 is 0 Å². The third-order valence-electron chi connectivity index (χ3n) is 2.72. The van der Waals surface area contributed by atoms with Crippen LogP contribution in [0.5, 0.6) is 0 Å². The molecule has 0 radical (unpaired) electrons. The summed E-state index contributed by atoms with van der Waals surface area (Å²) in [6.45, 7) is 0.395. The molecule has 1 N–H and O–H groups in total. The van der Waals surface area contributed by atoms with Gasteiger partial charge in [0.25, 0.3) is 0 Å². The zero-order valence-electron chi connectivity index (χ0n) is 10.1. The fourth-order valence-electron chi connectivity index (χ4n) is 1.58. The maximum absolute atomic E-state index is 11.2. The largest absolute Gasteiger partial charge is 0.342 e. The molecule has 0 unspecified atom stereocenters. The molecule has 0 atom stereocenters. The Bertz CT molecular complexity index is 666. The summed E-state index contributed by atoms with van der Waals surface area (Å²) in [5.74, 6) is 0.753. The van der Waals surface area contributed by atoms with Crippen LogP contribution in [0.3, 0.4) is 0 Å². The summed E-state index contributed by atoms with van der Waals surface area (Å²) < 4.78 is 23.8. The van der Waals surface area contributed by atoms with Crippen LogP contribution < -0.4 is 0 Å². The van der Waals surface area contributed by atoms with Crippen LogP contribution in [0.1, 0.15) is 5.82 Å².